The van der Waals surface area contributed by atoms with Crippen LogP contribution in [0.15, 0.2) is 24.3 Å². The molecule has 0 fully saturated rings. The molecule has 1 aromatic rings. The lowest BCUT2D eigenvalue weighted by molar-refractivity contribution is -0.141. The summed E-state index contributed by atoms with van der Waals surface area (Å²) in [7, 11) is 0. The van der Waals surface area contributed by atoms with Gasteiger partial charge in [0.2, 0.25) is 5.91 Å². The molecule has 1 rings (SSSR count). The van der Waals surface area contributed by atoms with Crippen LogP contribution in [0.25, 0.3) is 0 Å². The van der Waals surface area contributed by atoms with E-state index in [2.05, 4.69) is 10.6 Å². The molecule has 0 saturated carbocycles. The summed E-state index contributed by atoms with van der Waals surface area (Å²) in [5.74, 6) is -1.74. The van der Waals surface area contributed by atoms with E-state index in [1.165, 1.54) is 31.2 Å². The number of benzene rings is 1. The van der Waals surface area contributed by atoms with E-state index in [0.717, 1.165) is 0 Å². The first-order chi connectivity index (χ1) is 9.69. The van der Waals surface area contributed by atoms with Gasteiger partial charge in [-0.25, -0.2) is 4.79 Å². The van der Waals surface area contributed by atoms with Crippen LogP contribution in [0, 0.1) is 0 Å². The first-order valence-electron chi connectivity index (χ1n) is 6.08. The molecule has 0 saturated heterocycles. The van der Waals surface area contributed by atoms with Crippen LogP contribution in [0.3, 0.4) is 0 Å². The van der Waals surface area contributed by atoms with Crippen molar-refractivity contribution in [2.75, 3.05) is 11.9 Å². The van der Waals surface area contributed by atoms with E-state index in [4.69, 9.17) is 10.8 Å². The zero-order chi connectivity index (χ0) is 16.0. The second-order valence-electron chi connectivity index (χ2n) is 4.82. The fourth-order valence-corrected chi connectivity index (χ4v) is 1.55. The molecule has 0 radical (unpaired) electrons. The number of urea groups is 1. The predicted molar refractivity (Wildman–Crippen MR) is 74.9 cm³/mol. The number of rotatable bonds is 6. The summed E-state index contributed by atoms with van der Waals surface area (Å²) < 4.78 is 0. The van der Waals surface area contributed by atoms with Crippen LogP contribution >= 0.6 is 0 Å². The average Bonchev–Trinajstić information content (AvgIpc) is 2.36. The van der Waals surface area contributed by atoms with Gasteiger partial charge in [-0.15, -0.1) is 0 Å². The van der Waals surface area contributed by atoms with Gasteiger partial charge in [0.1, 0.15) is 0 Å². The number of nitrogens with two attached hydrogens (primary N) is 1. The number of amides is 3. The Hall–Kier alpha value is -2.61. The normalized spacial score (nSPS) is 13.0. The molecular formula is C13H17N3O5. The summed E-state index contributed by atoms with van der Waals surface area (Å²) in [6.07, 6.45) is -0.486. The maximum atomic E-state index is 11.6. The Morgan fingerprint density at radius 1 is 1.24 bits per heavy atom. The molecule has 0 aliphatic carbocycles. The first-order valence-corrected chi connectivity index (χ1v) is 6.08. The minimum Gasteiger partial charge on any atom is -0.481 e. The van der Waals surface area contributed by atoms with E-state index in [1.54, 1.807) is 0 Å². The van der Waals surface area contributed by atoms with Crippen LogP contribution in [0.1, 0.15) is 23.7 Å². The van der Waals surface area contributed by atoms with Crippen LogP contribution in [0.2, 0.25) is 0 Å². The monoisotopic (exact) mass is 295 g/mol. The number of primary amides is 1. The SMILES string of the molecule is CC(O)(CNC(=O)Nc1ccc(C(N)=O)cc1)CC(=O)O. The third-order valence-corrected chi connectivity index (χ3v) is 2.59. The second-order valence-corrected chi connectivity index (χ2v) is 4.82. The fraction of sp³-hybridized carbons (Fsp3) is 0.308. The van der Waals surface area contributed by atoms with Gasteiger partial charge >= 0.3 is 12.0 Å². The van der Waals surface area contributed by atoms with E-state index < -0.39 is 29.9 Å². The Balaban J connectivity index is 2.50. The van der Waals surface area contributed by atoms with Gasteiger partial charge in [0.25, 0.3) is 0 Å². The number of aliphatic hydroxyl groups is 1. The summed E-state index contributed by atoms with van der Waals surface area (Å²) >= 11 is 0. The lowest BCUT2D eigenvalue weighted by Crippen LogP contribution is -2.43. The van der Waals surface area contributed by atoms with E-state index >= 15 is 0 Å². The molecule has 1 unspecified atom stereocenters. The average molecular weight is 295 g/mol. The molecule has 0 aromatic heterocycles. The highest BCUT2D eigenvalue weighted by Crippen LogP contribution is 2.10. The first kappa shape index (κ1) is 16.4. The highest BCUT2D eigenvalue weighted by molar-refractivity contribution is 5.94. The summed E-state index contributed by atoms with van der Waals surface area (Å²) in [5, 5.41) is 23.1. The van der Waals surface area contributed by atoms with Crippen molar-refractivity contribution >= 4 is 23.6 Å². The van der Waals surface area contributed by atoms with Crippen molar-refractivity contribution in [3.05, 3.63) is 29.8 Å². The summed E-state index contributed by atoms with van der Waals surface area (Å²) in [6, 6.07) is 5.30. The van der Waals surface area contributed by atoms with Crippen molar-refractivity contribution < 1.29 is 24.6 Å². The molecule has 21 heavy (non-hydrogen) atoms. The Morgan fingerprint density at radius 3 is 2.29 bits per heavy atom. The van der Waals surface area contributed by atoms with Crippen LogP contribution in [-0.2, 0) is 4.79 Å². The van der Waals surface area contributed by atoms with Crippen molar-refractivity contribution in [1.82, 2.24) is 5.32 Å². The molecule has 8 heteroatoms. The second kappa shape index (κ2) is 6.71. The minimum absolute atomic E-state index is 0.218. The molecule has 114 valence electrons. The van der Waals surface area contributed by atoms with Crippen molar-refractivity contribution in [1.29, 1.82) is 0 Å². The van der Waals surface area contributed by atoms with Gasteiger partial charge in [-0.3, -0.25) is 9.59 Å². The summed E-state index contributed by atoms with van der Waals surface area (Å²) in [5.41, 5.74) is 4.28. The molecular weight excluding hydrogens is 278 g/mol. The van der Waals surface area contributed by atoms with Crippen LogP contribution in [0.5, 0.6) is 0 Å². The molecule has 1 atom stereocenters. The van der Waals surface area contributed by atoms with Crippen molar-refractivity contribution in [2.24, 2.45) is 5.73 Å². The van der Waals surface area contributed by atoms with Crippen LogP contribution in [0.4, 0.5) is 10.5 Å². The number of anilines is 1. The number of carbonyl (C=O) groups excluding carboxylic acids is 2. The van der Waals surface area contributed by atoms with Gasteiger partial charge in [0.15, 0.2) is 0 Å². The van der Waals surface area contributed by atoms with Crippen LogP contribution in [-0.4, -0.2) is 40.3 Å². The molecule has 0 aliphatic heterocycles. The molecule has 6 N–H and O–H groups in total. The van der Waals surface area contributed by atoms with Crippen molar-refractivity contribution in [2.45, 2.75) is 18.9 Å². The van der Waals surface area contributed by atoms with Gasteiger partial charge in [0, 0.05) is 17.8 Å². The van der Waals surface area contributed by atoms with Gasteiger partial charge < -0.3 is 26.6 Å². The highest BCUT2D eigenvalue weighted by Gasteiger charge is 2.24. The summed E-state index contributed by atoms with van der Waals surface area (Å²) in [6.45, 7) is 1.09. The Labute approximate surface area is 120 Å². The van der Waals surface area contributed by atoms with E-state index in [0.29, 0.717) is 11.3 Å². The lowest BCUT2D eigenvalue weighted by atomic mass is 10.0. The zero-order valence-corrected chi connectivity index (χ0v) is 11.4. The minimum atomic E-state index is -1.54. The molecule has 0 bridgehead atoms. The molecule has 0 heterocycles. The maximum Gasteiger partial charge on any atom is 0.319 e. The maximum absolute atomic E-state index is 11.6. The number of carboxylic acids is 1. The summed E-state index contributed by atoms with van der Waals surface area (Å²) in [4.78, 5) is 33.0. The third kappa shape index (κ3) is 5.91. The van der Waals surface area contributed by atoms with Gasteiger partial charge in [0.05, 0.1) is 12.0 Å². The van der Waals surface area contributed by atoms with Crippen molar-refractivity contribution in [3.63, 3.8) is 0 Å². The fourth-order valence-electron chi connectivity index (χ4n) is 1.55. The van der Waals surface area contributed by atoms with Gasteiger partial charge in [-0.2, -0.15) is 0 Å². The zero-order valence-electron chi connectivity index (χ0n) is 11.4. The quantitative estimate of drug-likeness (QED) is 0.507. The number of nitrogens with one attached hydrogen (secondary N) is 2. The Kier molecular flexibility index (Phi) is 5.25. The van der Waals surface area contributed by atoms with E-state index in [-0.39, 0.29) is 6.54 Å². The van der Waals surface area contributed by atoms with Gasteiger partial charge in [-0.05, 0) is 31.2 Å². The van der Waals surface area contributed by atoms with Crippen molar-refractivity contribution in [3.8, 4) is 0 Å². The van der Waals surface area contributed by atoms with Gasteiger partial charge in [-0.1, -0.05) is 0 Å². The van der Waals surface area contributed by atoms with Crippen LogP contribution < -0.4 is 16.4 Å². The number of carbonyl (C=O) groups is 3. The highest BCUT2D eigenvalue weighted by atomic mass is 16.4. The largest absolute Gasteiger partial charge is 0.481 e. The molecule has 3 amide bonds. The number of hydrogen-bond acceptors (Lipinski definition) is 4. The smallest absolute Gasteiger partial charge is 0.319 e. The predicted octanol–water partition coefficient (Wildman–Crippen LogP) is 0.133. The molecule has 0 spiro atoms. The van der Waals surface area contributed by atoms with E-state index in [9.17, 15) is 19.5 Å². The topological polar surface area (TPSA) is 142 Å². The lowest BCUT2D eigenvalue weighted by Gasteiger charge is -2.21. The molecule has 0 aliphatic rings. The number of carboxylic acid groups (broad SMARTS) is 1. The molecule has 8 nitrogen and oxygen atoms in total. The van der Waals surface area contributed by atoms with E-state index in [1.807, 2.05) is 0 Å². The molecule has 1 aromatic carbocycles. The number of aliphatic carboxylic acids is 1. The number of hydrogen-bond donors (Lipinski definition) is 5. The Morgan fingerprint density at radius 2 is 1.81 bits per heavy atom. The standard InChI is InChI=1S/C13H17N3O5/c1-13(21,6-10(17)18)7-15-12(20)16-9-4-2-8(3-5-9)11(14)19/h2-5,21H,6-7H2,1H3,(H2,14,19)(H,17,18)(H2,15,16,20). The third-order valence-electron chi connectivity index (χ3n) is 2.59. The Bertz CT molecular complexity index is 539.